The van der Waals surface area contributed by atoms with Crippen LogP contribution < -0.4 is 0 Å². The van der Waals surface area contributed by atoms with Crippen molar-refractivity contribution in [2.24, 2.45) is 0 Å². The average Bonchev–Trinajstić information content (AvgIpc) is 2.23. The van der Waals surface area contributed by atoms with Crippen LogP contribution in [0.1, 0.15) is 10.4 Å². The molecule has 0 atom stereocenters. The van der Waals surface area contributed by atoms with Gasteiger partial charge in [-0.15, -0.1) is 0 Å². The molecular weight excluding hydrogens is 308 g/mol. The van der Waals surface area contributed by atoms with Gasteiger partial charge in [0.15, 0.2) is 0 Å². The zero-order chi connectivity index (χ0) is 10.1. The van der Waals surface area contributed by atoms with Gasteiger partial charge in [0.25, 0.3) is 0 Å². The summed E-state index contributed by atoms with van der Waals surface area (Å²) in [6, 6.07) is 9.57. The van der Waals surface area contributed by atoms with E-state index in [0.29, 0.717) is 5.56 Å². The number of fused-ring (bicyclic) bond motifs is 1. The van der Waals surface area contributed by atoms with Crippen molar-refractivity contribution in [2.75, 3.05) is 0 Å². The van der Waals surface area contributed by atoms with Gasteiger partial charge in [-0.1, -0.05) is 18.2 Å². The van der Waals surface area contributed by atoms with Gasteiger partial charge in [-0.2, -0.15) is 0 Å². The predicted octanol–water partition coefficient (Wildman–Crippen LogP) is 4.18. The second-order valence-electron chi connectivity index (χ2n) is 2.96. The zero-order valence-electron chi connectivity index (χ0n) is 7.13. The fourth-order valence-electron chi connectivity index (χ4n) is 1.36. The molecule has 0 amide bonds. The molecular formula is C11H6Br2O. The number of halogens is 2. The van der Waals surface area contributed by atoms with E-state index >= 15 is 0 Å². The highest BCUT2D eigenvalue weighted by atomic mass is 79.9. The Hall–Kier alpha value is -0.670. The van der Waals surface area contributed by atoms with Crippen LogP contribution in [0.2, 0.25) is 0 Å². The van der Waals surface area contributed by atoms with Crippen LogP contribution in [0.4, 0.5) is 0 Å². The van der Waals surface area contributed by atoms with Gasteiger partial charge >= 0.3 is 0 Å². The minimum absolute atomic E-state index is 0.701. The van der Waals surface area contributed by atoms with Crippen molar-refractivity contribution < 1.29 is 4.79 Å². The summed E-state index contributed by atoms with van der Waals surface area (Å²) in [4.78, 5) is 10.6. The van der Waals surface area contributed by atoms with Crippen LogP contribution in [0, 0.1) is 0 Å². The molecule has 2 aromatic carbocycles. The van der Waals surface area contributed by atoms with Gasteiger partial charge in [-0.05, 0) is 54.8 Å². The van der Waals surface area contributed by atoms with Gasteiger partial charge in [0, 0.05) is 14.5 Å². The molecule has 0 aliphatic heterocycles. The summed E-state index contributed by atoms with van der Waals surface area (Å²) in [6.45, 7) is 0. The summed E-state index contributed by atoms with van der Waals surface area (Å²) < 4.78 is 2.04. The molecule has 0 spiro atoms. The lowest BCUT2D eigenvalue weighted by Gasteiger charge is -2.03. The van der Waals surface area contributed by atoms with E-state index in [-0.39, 0.29) is 0 Å². The summed E-state index contributed by atoms with van der Waals surface area (Å²) in [5.41, 5.74) is 0.701. The molecule has 0 saturated carbocycles. The first kappa shape index (κ1) is 9.87. The maximum atomic E-state index is 10.6. The van der Waals surface area contributed by atoms with Gasteiger partial charge in [0.05, 0.1) is 0 Å². The first-order valence-corrected chi connectivity index (χ1v) is 5.64. The van der Waals surface area contributed by atoms with Gasteiger partial charge < -0.3 is 0 Å². The topological polar surface area (TPSA) is 17.1 Å². The molecule has 0 N–H and O–H groups in total. The van der Waals surface area contributed by atoms with E-state index in [1.807, 2.05) is 30.3 Å². The first-order chi connectivity index (χ1) is 6.72. The lowest BCUT2D eigenvalue weighted by molar-refractivity contribution is 0.112. The first-order valence-electron chi connectivity index (χ1n) is 4.05. The molecule has 70 valence electrons. The highest BCUT2D eigenvalue weighted by Gasteiger charge is 2.02. The quantitative estimate of drug-likeness (QED) is 0.722. The van der Waals surface area contributed by atoms with E-state index in [2.05, 4.69) is 31.9 Å². The van der Waals surface area contributed by atoms with Crippen LogP contribution in [0.15, 0.2) is 39.3 Å². The fourth-order valence-corrected chi connectivity index (χ4v) is 2.20. The summed E-state index contributed by atoms with van der Waals surface area (Å²) in [5, 5.41) is 2.16. The Balaban J connectivity index is 2.81. The molecule has 3 heteroatoms. The van der Waals surface area contributed by atoms with Crippen LogP contribution in [-0.4, -0.2) is 6.29 Å². The summed E-state index contributed by atoms with van der Waals surface area (Å²) >= 11 is 6.93. The Morgan fingerprint density at radius 3 is 2.57 bits per heavy atom. The molecule has 0 aliphatic carbocycles. The van der Waals surface area contributed by atoms with Crippen molar-refractivity contribution in [3.8, 4) is 0 Å². The smallest absolute Gasteiger partial charge is 0.150 e. The Morgan fingerprint density at radius 2 is 1.86 bits per heavy atom. The molecule has 0 unspecified atom stereocenters. The van der Waals surface area contributed by atoms with Crippen LogP contribution in [0.25, 0.3) is 10.8 Å². The van der Waals surface area contributed by atoms with E-state index < -0.39 is 0 Å². The molecule has 0 radical (unpaired) electrons. The van der Waals surface area contributed by atoms with Crippen LogP contribution in [-0.2, 0) is 0 Å². The van der Waals surface area contributed by atoms with Gasteiger partial charge in [-0.3, -0.25) is 4.79 Å². The summed E-state index contributed by atoms with van der Waals surface area (Å²) in [6.07, 6.45) is 0.857. The predicted molar refractivity (Wildman–Crippen MR) is 64.7 cm³/mol. The van der Waals surface area contributed by atoms with E-state index in [9.17, 15) is 4.79 Å². The molecule has 14 heavy (non-hydrogen) atoms. The molecule has 2 aromatic rings. The van der Waals surface area contributed by atoms with Crippen LogP contribution in [0.3, 0.4) is 0 Å². The minimum Gasteiger partial charge on any atom is -0.298 e. The maximum absolute atomic E-state index is 10.6. The zero-order valence-corrected chi connectivity index (χ0v) is 10.3. The van der Waals surface area contributed by atoms with Gasteiger partial charge in [0.1, 0.15) is 6.29 Å². The van der Waals surface area contributed by atoms with Gasteiger partial charge in [0.2, 0.25) is 0 Å². The molecule has 0 heterocycles. The maximum Gasteiger partial charge on any atom is 0.150 e. The summed E-state index contributed by atoms with van der Waals surface area (Å²) in [5.74, 6) is 0. The normalized spacial score (nSPS) is 10.4. The molecule has 0 saturated heterocycles. The van der Waals surface area contributed by atoms with Crippen LogP contribution >= 0.6 is 31.9 Å². The SMILES string of the molecule is O=Cc1ccc2c(Br)c(Br)ccc2c1. The van der Waals surface area contributed by atoms with E-state index in [1.54, 1.807) is 0 Å². The standard InChI is InChI=1S/C11H6Br2O/c12-10-4-2-8-5-7(6-14)1-3-9(8)11(10)13/h1-6H. The second-order valence-corrected chi connectivity index (χ2v) is 4.61. The second kappa shape index (κ2) is 3.83. The Morgan fingerprint density at radius 1 is 1.07 bits per heavy atom. The fraction of sp³-hybridized carbons (Fsp3) is 0. The highest BCUT2D eigenvalue weighted by Crippen LogP contribution is 2.31. The molecule has 0 fully saturated rings. The van der Waals surface area contributed by atoms with Crippen molar-refractivity contribution in [1.29, 1.82) is 0 Å². The van der Waals surface area contributed by atoms with E-state index in [1.165, 1.54) is 0 Å². The van der Waals surface area contributed by atoms with E-state index in [4.69, 9.17) is 0 Å². The van der Waals surface area contributed by atoms with Crippen molar-refractivity contribution >= 4 is 48.9 Å². The lowest BCUT2D eigenvalue weighted by atomic mass is 10.1. The molecule has 0 aromatic heterocycles. The highest BCUT2D eigenvalue weighted by molar-refractivity contribution is 9.13. The molecule has 0 bridgehead atoms. The van der Waals surface area contributed by atoms with Gasteiger partial charge in [-0.25, -0.2) is 0 Å². The monoisotopic (exact) mass is 312 g/mol. The Labute approximate surface area is 98.4 Å². The average molecular weight is 314 g/mol. The van der Waals surface area contributed by atoms with Crippen molar-refractivity contribution in [1.82, 2.24) is 0 Å². The minimum atomic E-state index is 0.701. The summed E-state index contributed by atoms with van der Waals surface area (Å²) in [7, 11) is 0. The Bertz CT molecular complexity index is 506. The molecule has 1 nitrogen and oxygen atoms in total. The van der Waals surface area contributed by atoms with E-state index in [0.717, 1.165) is 26.0 Å². The third-order valence-corrected chi connectivity index (χ3v) is 4.11. The number of hydrogen-bond acceptors (Lipinski definition) is 1. The lowest BCUT2D eigenvalue weighted by Crippen LogP contribution is -1.81. The molecule has 0 aliphatic rings. The Kier molecular flexibility index (Phi) is 2.70. The number of carbonyl (C=O) groups is 1. The number of carbonyl (C=O) groups excluding carboxylic acids is 1. The van der Waals surface area contributed by atoms with Crippen molar-refractivity contribution in [2.45, 2.75) is 0 Å². The number of rotatable bonds is 1. The number of benzene rings is 2. The largest absolute Gasteiger partial charge is 0.298 e. The number of hydrogen-bond donors (Lipinski definition) is 0. The van der Waals surface area contributed by atoms with Crippen molar-refractivity contribution in [3.05, 3.63) is 44.8 Å². The third kappa shape index (κ3) is 1.62. The van der Waals surface area contributed by atoms with Crippen molar-refractivity contribution in [3.63, 3.8) is 0 Å². The van der Waals surface area contributed by atoms with Crippen LogP contribution in [0.5, 0.6) is 0 Å². The molecule has 2 rings (SSSR count). The third-order valence-electron chi connectivity index (χ3n) is 2.07. The number of aldehydes is 1.